The summed E-state index contributed by atoms with van der Waals surface area (Å²) in [4.78, 5) is 14.4. The van der Waals surface area contributed by atoms with E-state index in [1.807, 2.05) is 20.8 Å². The molecule has 0 saturated carbocycles. The lowest BCUT2D eigenvalue weighted by molar-refractivity contribution is -0.156. The van der Waals surface area contributed by atoms with E-state index in [-0.39, 0.29) is 12.4 Å². The van der Waals surface area contributed by atoms with Crippen LogP contribution in [0.3, 0.4) is 0 Å². The van der Waals surface area contributed by atoms with Crippen LogP contribution in [-0.4, -0.2) is 44.5 Å². The number of carbonyl (C=O) groups excluding carboxylic acids is 1. The maximum atomic E-state index is 11.3. The summed E-state index contributed by atoms with van der Waals surface area (Å²) in [5.41, 5.74) is -0.444. The summed E-state index contributed by atoms with van der Waals surface area (Å²) in [5.74, 6) is -0.258. The maximum absolute atomic E-state index is 11.3. The second-order valence-electron chi connectivity index (χ2n) is 4.44. The summed E-state index contributed by atoms with van der Waals surface area (Å²) in [6.45, 7) is 14.0. The molecule has 0 amide bonds. The highest BCUT2D eigenvalue weighted by molar-refractivity contribution is 5.69. The van der Waals surface area contributed by atoms with E-state index in [0.29, 0.717) is 33.0 Å². The Morgan fingerprint density at radius 2 is 1.71 bits per heavy atom. The van der Waals surface area contributed by atoms with Crippen molar-refractivity contribution in [3.8, 4) is 0 Å². The topological polar surface area (TPSA) is 49.1 Å². The van der Waals surface area contributed by atoms with Crippen LogP contribution in [0.25, 0.3) is 4.85 Å². The molecule has 17 heavy (non-hydrogen) atoms. The van der Waals surface area contributed by atoms with E-state index < -0.39 is 5.60 Å². The molecule has 0 aromatic heterocycles. The third kappa shape index (κ3) is 12.8. The standard InChI is InChI=1S/C12H21NO4/c1-12(2,3)17-11(14)5-7-15-9-10-16-8-6-13-4/h5-10H2,1-3H3. The Labute approximate surface area is 103 Å². The number of hydrogen-bond acceptors (Lipinski definition) is 4. The SMILES string of the molecule is [C-]#[N+]CCOCCOCCC(=O)OC(C)(C)C. The number of hydrogen-bond donors (Lipinski definition) is 0. The molecule has 98 valence electrons. The highest BCUT2D eigenvalue weighted by Crippen LogP contribution is 2.07. The quantitative estimate of drug-likeness (QED) is 0.369. The van der Waals surface area contributed by atoms with Crippen LogP contribution in [0.4, 0.5) is 0 Å². The van der Waals surface area contributed by atoms with E-state index in [1.165, 1.54) is 0 Å². The Hall–Kier alpha value is -1.12. The van der Waals surface area contributed by atoms with Gasteiger partial charge in [0.25, 0.3) is 0 Å². The lowest BCUT2D eigenvalue weighted by Gasteiger charge is -2.19. The first-order chi connectivity index (χ1) is 7.95. The first-order valence-corrected chi connectivity index (χ1v) is 5.66. The molecule has 0 saturated heterocycles. The van der Waals surface area contributed by atoms with Crippen LogP contribution >= 0.6 is 0 Å². The van der Waals surface area contributed by atoms with E-state index in [4.69, 9.17) is 20.8 Å². The van der Waals surface area contributed by atoms with Gasteiger partial charge in [0.1, 0.15) is 12.2 Å². The van der Waals surface area contributed by atoms with Gasteiger partial charge in [0.15, 0.2) is 0 Å². The third-order valence-corrected chi connectivity index (χ3v) is 1.59. The van der Waals surface area contributed by atoms with Crippen molar-refractivity contribution in [1.82, 2.24) is 0 Å². The molecule has 0 aliphatic rings. The zero-order chi connectivity index (χ0) is 13.1. The summed E-state index contributed by atoms with van der Waals surface area (Å²) in [5, 5.41) is 0. The van der Waals surface area contributed by atoms with Crippen LogP contribution in [0.2, 0.25) is 0 Å². The minimum atomic E-state index is -0.444. The maximum Gasteiger partial charge on any atom is 0.308 e. The Balaban J connectivity index is 3.29. The molecule has 0 aromatic rings. The first-order valence-electron chi connectivity index (χ1n) is 5.66. The van der Waals surface area contributed by atoms with Crippen molar-refractivity contribution in [3.63, 3.8) is 0 Å². The van der Waals surface area contributed by atoms with Crippen molar-refractivity contribution in [2.75, 3.05) is 33.0 Å². The second kappa shape index (κ2) is 8.97. The van der Waals surface area contributed by atoms with Crippen LogP contribution in [0.1, 0.15) is 27.2 Å². The summed E-state index contributed by atoms with van der Waals surface area (Å²) in [7, 11) is 0. The molecular formula is C12H21NO4. The molecule has 0 atom stereocenters. The molecule has 0 fully saturated rings. The van der Waals surface area contributed by atoms with Gasteiger partial charge in [-0.25, -0.2) is 6.57 Å². The zero-order valence-corrected chi connectivity index (χ0v) is 10.8. The van der Waals surface area contributed by atoms with E-state index >= 15 is 0 Å². The molecule has 0 spiro atoms. The van der Waals surface area contributed by atoms with Gasteiger partial charge in [0.2, 0.25) is 6.54 Å². The minimum Gasteiger partial charge on any atom is -0.460 e. The van der Waals surface area contributed by atoms with Crippen molar-refractivity contribution in [2.24, 2.45) is 0 Å². The highest BCUT2D eigenvalue weighted by Gasteiger charge is 2.15. The summed E-state index contributed by atoms with van der Waals surface area (Å²) in [6.07, 6.45) is 0.249. The molecule has 0 heterocycles. The van der Waals surface area contributed by atoms with Crippen molar-refractivity contribution >= 4 is 5.97 Å². The van der Waals surface area contributed by atoms with Crippen molar-refractivity contribution in [2.45, 2.75) is 32.8 Å². The Kier molecular flexibility index (Phi) is 8.38. The van der Waals surface area contributed by atoms with E-state index in [9.17, 15) is 4.79 Å². The van der Waals surface area contributed by atoms with Gasteiger partial charge < -0.3 is 19.1 Å². The van der Waals surface area contributed by atoms with Crippen LogP contribution in [0, 0.1) is 6.57 Å². The number of ether oxygens (including phenoxy) is 3. The molecule has 0 unspecified atom stereocenters. The van der Waals surface area contributed by atoms with E-state index in [0.717, 1.165) is 0 Å². The van der Waals surface area contributed by atoms with Crippen LogP contribution < -0.4 is 0 Å². The van der Waals surface area contributed by atoms with Crippen molar-refractivity contribution < 1.29 is 19.0 Å². The van der Waals surface area contributed by atoms with Crippen LogP contribution in [-0.2, 0) is 19.0 Å². The number of esters is 1. The molecule has 0 rings (SSSR count). The van der Waals surface area contributed by atoms with Gasteiger partial charge >= 0.3 is 5.97 Å². The Bertz CT molecular complexity index is 252. The molecule has 0 bridgehead atoms. The molecular weight excluding hydrogens is 222 g/mol. The summed E-state index contributed by atoms with van der Waals surface area (Å²) in [6, 6.07) is 0. The summed E-state index contributed by atoms with van der Waals surface area (Å²) < 4.78 is 15.4. The predicted octanol–water partition coefficient (Wildman–Crippen LogP) is 1.67. The molecule has 5 heteroatoms. The normalized spacial score (nSPS) is 10.9. The fourth-order valence-corrected chi connectivity index (χ4v) is 0.980. The average molecular weight is 243 g/mol. The van der Waals surface area contributed by atoms with Gasteiger partial charge in [-0.15, -0.1) is 0 Å². The largest absolute Gasteiger partial charge is 0.460 e. The predicted molar refractivity (Wildman–Crippen MR) is 63.6 cm³/mol. The third-order valence-electron chi connectivity index (χ3n) is 1.59. The molecule has 0 N–H and O–H groups in total. The smallest absolute Gasteiger partial charge is 0.308 e. The van der Waals surface area contributed by atoms with Gasteiger partial charge in [0.05, 0.1) is 26.2 Å². The van der Waals surface area contributed by atoms with Gasteiger partial charge in [0, 0.05) is 0 Å². The van der Waals surface area contributed by atoms with E-state index in [1.54, 1.807) is 0 Å². The zero-order valence-electron chi connectivity index (χ0n) is 10.8. The molecule has 5 nitrogen and oxygen atoms in total. The first kappa shape index (κ1) is 15.9. The molecule has 0 aliphatic heterocycles. The summed E-state index contributed by atoms with van der Waals surface area (Å²) >= 11 is 0. The van der Waals surface area contributed by atoms with Crippen LogP contribution in [0.5, 0.6) is 0 Å². The lowest BCUT2D eigenvalue weighted by atomic mass is 10.2. The van der Waals surface area contributed by atoms with Gasteiger partial charge in [-0.1, -0.05) is 0 Å². The molecule has 0 aliphatic carbocycles. The van der Waals surface area contributed by atoms with Gasteiger partial charge in [-0.05, 0) is 20.8 Å². The van der Waals surface area contributed by atoms with Gasteiger partial charge in [-0.2, -0.15) is 0 Å². The number of nitrogens with zero attached hydrogens (tertiary/aromatic N) is 1. The van der Waals surface area contributed by atoms with Gasteiger partial charge in [-0.3, -0.25) is 4.79 Å². The Morgan fingerprint density at radius 3 is 2.24 bits per heavy atom. The monoisotopic (exact) mass is 243 g/mol. The average Bonchev–Trinajstić information content (AvgIpc) is 2.19. The van der Waals surface area contributed by atoms with Crippen LogP contribution in [0.15, 0.2) is 0 Å². The number of carbonyl (C=O) groups is 1. The fraction of sp³-hybridized carbons (Fsp3) is 0.833. The van der Waals surface area contributed by atoms with Crippen molar-refractivity contribution in [3.05, 3.63) is 11.4 Å². The second-order valence-corrected chi connectivity index (χ2v) is 4.44. The fourth-order valence-electron chi connectivity index (χ4n) is 0.980. The number of rotatable bonds is 8. The Morgan fingerprint density at radius 1 is 1.12 bits per heavy atom. The molecule has 0 radical (unpaired) electrons. The molecule has 0 aromatic carbocycles. The highest BCUT2D eigenvalue weighted by atomic mass is 16.6. The lowest BCUT2D eigenvalue weighted by Crippen LogP contribution is -2.24. The van der Waals surface area contributed by atoms with E-state index in [2.05, 4.69) is 4.85 Å². The minimum absolute atomic E-state index is 0.249. The van der Waals surface area contributed by atoms with Crippen molar-refractivity contribution in [1.29, 1.82) is 0 Å².